The standard InChI is InChI=1S/C20H21N3O5/c1-28-17-7-6-14(12-16(17)23-10-9-21-20(23)27)19(26)22-15-4-2-3-13(11-15)5-8-18(24)25/h2-4,6-7,11-12H,5,8-10H2,1H3,(H,21,27)(H,22,26)(H,24,25). The normalized spacial score (nSPS) is 13.2. The van der Waals surface area contributed by atoms with Gasteiger partial charge in [-0.2, -0.15) is 0 Å². The molecular formula is C20H21N3O5. The Labute approximate surface area is 162 Å². The van der Waals surface area contributed by atoms with E-state index in [1.807, 2.05) is 6.07 Å². The first kappa shape index (κ1) is 19.2. The number of ether oxygens (including phenoxy) is 1. The fourth-order valence-electron chi connectivity index (χ4n) is 3.00. The molecule has 8 nitrogen and oxygen atoms in total. The van der Waals surface area contributed by atoms with Gasteiger partial charge in [0.25, 0.3) is 5.91 Å². The number of nitrogens with zero attached hydrogens (tertiary/aromatic N) is 1. The second-order valence-corrected chi connectivity index (χ2v) is 6.32. The molecule has 1 saturated heterocycles. The zero-order valence-corrected chi connectivity index (χ0v) is 15.4. The Kier molecular flexibility index (Phi) is 5.78. The predicted molar refractivity (Wildman–Crippen MR) is 104 cm³/mol. The van der Waals surface area contributed by atoms with Crippen LogP contribution in [0.4, 0.5) is 16.2 Å². The number of nitrogens with one attached hydrogen (secondary N) is 2. The zero-order chi connectivity index (χ0) is 20.1. The number of methoxy groups -OCH3 is 1. The number of benzene rings is 2. The van der Waals surface area contributed by atoms with E-state index in [2.05, 4.69) is 10.6 Å². The lowest BCUT2D eigenvalue weighted by molar-refractivity contribution is -0.136. The van der Waals surface area contributed by atoms with Crippen molar-refractivity contribution >= 4 is 29.3 Å². The molecule has 0 atom stereocenters. The largest absolute Gasteiger partial charge is 0.495 e. The fourth-order valence-corrected chi connectivity index (χ4v) is 3.00. The van der Waals surface area contributed by atoms with E-state index in [-0.39, 0.29) is 18.4 Å². The summed E-state index contributed by atoms with van der Waals surface area (Å²) in [7, 11) is 1.51. The number of carboxylic acids is 1. The molecule has 1 heterocycles. The molecule has 1 fully saturated rings. The number of amides is 3. The molecule has 0 aliphatic carbocycles. The van der Waals surface area contributed by atoms with E-state index in [1.165, 1.54) is 12.0 Å². The summed E-state index contributed by atoms with van der Waals surface area (Å²) in [4.78, 5) is 36.9. The predicted octanol–water partition coefficient (Wildman–Crippen LogP) is 2.49. The lowest BCUT2D eigenvalue weighted by atomic mass is 10.1. The first-order chi connectivity index (χ1) is 13.5. The van der Waals surface area contributed by atoms with Gasteiger partial charge in [0.2, 0.25) is 0 Å². The maximum atomic E-state index is 12.7. The van der Waals surface area contributed by atoms with Crippen molar-refractivity contribution in [2.24, 2.45) is 0 Å². The number of aryl methyl sites for hydroxylation is 1. The Morgan fingerprint density at radius 3 is 2.75 bits per heavy atom. The number of urea groups is 1. The van der Waals surface area contributed by atoms with Crippen molar-refractivity contribution < 1.29 is 24.2 Å². The van der Waals surface area contributed by atoms with E-state index in [0.29, 0.717) is 42.2 Å². The number of carboxylic acid groups (broad SMARTS) is 1. The third-order valence-electron chi connectivity index (χ3n) is 4.40. The monoisotopic (exact) mass is 383 g/mol. The van der Waals surface area contributed by atoms with Crippen LogP contribution in [0.25, 0.3) is 0 Å². The van der Waals surface area contributed by atoms with Crippen molar-refractivity contribution in [2.75, 3.05) is 30.4 Å². The summed E-state index contributed by atoms with van der Waals surface area (Å²) in [5, 5.41) is 14.3. The van der Waals surface area contributed by atoms with E-state index in [9.17, 15) is 14.4 Å². The molecule has 8 heteroatoms. The molecule has 0 unspecified atom stereocenters. The van der Waals surface area contributed by atoms with Gasteiger partial charge in [-0.1, -0.05) is 12.1 Å². The molecule has 2 aromatic carbocycles. The zero-order valence-electron chi connectivity index (χ0n) is 15.4. The third-order valence-corrected chi connectivity index (χ3v) is 4.40. The van der Waals surface area contributed by atoms with Gasteiger partial charge in [0, 0.05) is 30.8 Å². The molecule has 0 saturated carbocycles. The summed E-state index contributed by atoms with van der Waals surface area (Å²) < 4.78 is 5.32. The minimum atomic E-state index is -0.869. The molecule has 0 aromatic heterocycles. The van der Waals surface area contributed by atoms with Crippen molar-refractivity contribution in [1.29, 1.82) is 0 Å². The molecule has 1 aliphatic rings. The SMILES string of the molecule is COc1ccc(C(=O)Nc2cccc(CCC(=O)O)c2)cc1N1CCNC1=O. The number of aliphatic carboxylic acids is 1. The second kappa shape index (κ2) is 8.43. The summed E-state index contributed by atoms with van der Waals surface area (Å²) in [5.74, 6) is -0.700. The first-order valence-electron chi connectivity index (χ1n) is 8.83. The number of hydrogen-bond donors (Lipinski definition) is 3. The molecule has 0 bridgehead atoms. The van der Waals surface area contributed by atoms with E-state index < -0.39 is 5.97 Å². The average Bonchev–Trinajstić information content (AvgIpc) is 3.12. The molecule has 28 heavy (non-hydrogen) atoms. The van der Waals surface area contributed by atoms with Gasteiger partial charge < -0.3 is 20.5 Å². The highest BCUT2D eigenvalue weighted by Gasteiger charge is 2.25. The van der Waals surface area contributed by atoms with Crippen molar-refractivity contribution in [2.45, 2.75) is 12.8 Å². The van der Waals surface area contributed by atoms with Gasteiger partial charge >= 0.3 is 12.0 Å². The van der Waals surface area contributed by atoms with Crippen molar-refractivity contribution in [1.82, 2.24) is 5.32 Å². The van der Waals surface area contributed by atoms with Gasteiger partial charge in [-0.05, 0) is 42.3 Å². The molecule has 0 spiro atoms. The number of carbonyl (C=O) groups is 3. The average molecular weight is 383 g/mol. The number of rotatable bonds is 7. The second-order valence-electron chi connectivity index (χ2n) is 6.32. The van der Waals surface area contributed by atoms with Crippen LogP contribution in [0.5, 0.6) is 5.75 Å². The quantitative estimate of drug-likeness (QED) is 0.681. The molecule has 3 N–H and O–H groups in total. The van der Waals surface area contributed by atoms with Crippen LogP contribution in [0.3, 0.4) is 0 Å². The Hall–Kier alpha value is -3.55. The van der Waals surface area contributed by atoms with Crippen molar-refractivity contribution in [3.63, 3.8) is 0 Å². The van der Waals surface area contributed by atoms with Crippen molar-refractivity contribution in [3.8, 4) is 5.75 Å². The smallest absolute Gasteiger partial charge is 0.322 e. The van der Waals surface area contributed by atoms with E-state index in [4.69, 9.17) is 9.84 Å². The van der Waals surface area contributed by atoms with Gasteiger partial charge in [-0.15, -0.1) is 0 Å². The molecular weight excluding hydrogens is 362 g/mol. The number of hydrogen-bond acceptors (Lipinski definition) is 4. The van der Waals surface area contributed by atoms with Crippen molar-refractivity contribution in [3.05, 3.63) is 53.6 Å². The summed E-state index contributed by atoms with van der Waals surface area (Å²) in [6.45, 7) is 1.02. The molecule has 2 aromatic rings. The van der Waals surface area contributed by atoms with Gasteiger partial charge in [-0.3, -0.25) is 14.5 Å². The maximum absolute atomic E-state index is 12.7. The highest BCUT2D eigenvalue weighted by molar-refractivity contribution is 6.06. The third kappa shape index (κ3) is 4.40. The first-order valence-corrected chi connectivity index (χ1v) is 8.83. The van der Waals surface area contributed by atoms with Gasteiger partial charge in [0.1, 0.15) is 5.75 Å². The summed E-state index contributed by atoms with van der Waals surface area (Å²) in [5.41, 5.74) is 2.31. The van der Waals surface area contributed by atoms with Crippen LogP contribution < -0.4 is 20.3 Å². The van der Waals surface area contributed by atoms with Crippen LogP contribution in [-0.4, -0.2) is 43.2 Å². The van der Waals surface area contributed by atoms with Crippen LogP contribution in [-0.2, 0) is 11.2 Å². The van der Waals surface area contributed by atoms with E-state index in [0.717, 1.165) is 5.56 Å². The summed E-state index contributed by atoms with van der Waals surface area (Å²) in [6, 6.07) is 11.7. The molecule has 0 radical (unpaired) electrons. The fraction of sp³-hybridized carbons (Fsp3) is 0.250. The Morgan fingerprint density at radius 2 is 2.07 bits per heavy atom. The van der Waals surface area contributed by atoms with Crippen LogP contribution in [0, 0.1) is 0 Å². The van der Waals surface area contributed by atoms with Crippen LogP contribution >= 0.6 is 0 Å². The van der Waals surface area contributed by atoms with Crippen LogP contribution in [0.15, 0.2) is 42.5 Å². The molecule has 1 aliphatic heterocycles. The summed E-state index contributed by atoms with van der Waals surface area (Å²) >= 11 is 0. The Balaban J connectivity index is 1.78. The molecule has 3 rings (SSSR count). The Morgan fingerprint density at radius 1 is 1.25 bits per heavy atom. The number of carbonyl (C=O) groups excluding carboxylic acids is 2. The van der Waals surface area contributed by atoms with Crippen LogP contribution in [0.1, 0.15) is 22.3 Å². The van der Waals surface area contributed by atoms with Gasteiger partial charge in [0.15, 0.2) is 0 Å². The van der Waals surface area contributed by atoms with Gasteiger partial charge in [0.05, 0.1) is 12.8 Å². The topological polar surface area (TPSA) is 108 Å². The maximum Gasteiger partial charge on any atom is 0.322 e. The van der Waals surface area contributed by atoms with Gasteiger partial charge in [-0.25, -0.2) is 4.79 Å². The highest BCUT2D eigenvalue weighted by Crippen LogP contribution is 2.30. The molecule has 146 valence electrons. The lowest BCUT2D eigenvalue weighted by Crippen LogP contribution is -2.28. The molecule has 3 amide bonds. The highest BCUT2D eigenvalue weighted by atomic mass is 16.5. The van der Waals surface area contributed by atoms with E-state index >= 15 is 0 Å². The summed E-state index contributed by atoms with van der Waals surface area (Å²) in [6.07, 6.45) is 0.410. The number of anilines is 2. The lowest BCUT2D eigenvalue weighted by Gasteiger charge is -2.18. The Bertz CT molecular complexity index is 912. The van der Waals surface area contributed by atoms with Crippen LogP contribution in [0.2, 0.25) is 0 Å². The minimum absolute atomic E-state index is 0.0249. The van der Waals surface area contributed by atoms with E-state index in [1.54, 1.807) is 36.4 Å². The minimum Gasteiger partial charge on any atom is -0.495 e.